The van der Waals surface area contributed by atoms with Gasteiger partial charge < -0.3 is 0 Å². The Bertz CT molecular complexity index is 1370. The van der Waals surface area contributed by atoms with Crippen molar-refractivity contribution in [2.45, 2.75) is 25.7 Å². The van der Waals surface area contributed by atoms with E-state index in [1.54, 1.807) is 0 Å². The second-order valence-electron chi connectivity index (χ2n) is 9.86. The Kier molecular flexibility index (Phi) is 8.94. The monoisotopic (exact) mass is 607 g/mol. The number of aliphatic imine (C=N–C) groups is 1. The first-order valence-electron chi connectivity index (χ1n) is 13.9. The summed E-state index contributed by atoms with van der Waals surface area (Å²) in [6.45, 7) is 2.89. The molecule has 0 aromatic heterocycles. The Morgan fingerprint density at radius 2 is 0.950 bits per heavy atom. The minimum absolute atomic E-state index is 0.172. The van der Waals surface area contributed by atoms with Gasteiger partial charge in [-0.05, 0) is 0 Å². The minimum atomic E-state index is -3.72. The van der Waals surface area contributed by atoms with Gasteiger partial charge in [-0.2, -0.15) is 0 Å². The van der Waals surface area contributed by atoms with Crippen molar-refractivity contribution in [3.05, 3.63) is 163 Å². The molecule has 0 spiro atoms. The molecule has 5 aromatic rings. The molecule has 0 amide bonds. The average molecular weight is 609 g/mol. The summed E-state index contributed by atoms with van der Waals surface area (Å²) in [7, 11) is 0. The molecule has 0 unspecified atom stereocenters. The van der Waals surface area contributed by atoms with Crippen LogP contribution in [0.5, 0.6) is 0 Å². The van der Waals surface area contributed by atoms with Gasteiger partial charge in [0.25, 0.3) is 0 Å². The first kappa shape index (κ1) is 28.0. The first-order chi connectivity index (χ1) is 19.6. The van der Waals surface area contributed by atoms with E-state index < -0.39 is 5.53 Å². The van der Waals surface area contributed by atoms with Gasteiger partial charge in [-0.15, -0.1) is 0 Å². The van der Waals surface area contributed by atoms with Crippen LogP contribution in [-0.4, -0.2) is 12.4 Å². The standard InChI is InChI=1S/C36H35BrNOP/c1-2-3-29-38-36(35(30-19-9-4-10-20-30)31-21-11-5-12-22-31)39-40(37,32-23-13-6-14-24-32,33-25-15-7-16-26-33)34-27-17-8-18-28-34/h4-28,35H,2-3,29H2,1H3. The summed E-state index contributed by atoms with van der Waals surface area (Å²) < 4.78 is 7.70. The molecule has 5 rings (SSSR count). The van der Waals surface area contributed by atoms with Gasteiger partial charge in [0, 0.05) is 0 Å². The number of hydrogen-bond donors (Lipinski definition) is 0. The third kappa shape index (κ3) is 5.55. The number of benzene rings is 5. The summed E-state index contributed by atoms with van der Waals surface area (Å²) in [6.07, 6.45) is 2.05. The number of halogens is 1. The predicted octanol–water partition coefficient (Wildman–Crippen LogP) is 8.79. The van der Waals surface area contributed by atoms with Gasteiger partial charge >= 0.3 is 247 Å². The third-order valence-electron chi connectivity index (χ3n) is 7.21. The molecular weight excluding hydrogens is 573 g/mol. The van der Waals surface area contributed by atoms with Crippen LogP contribution >= 0.6 is 21.0 Å². The molecule has 0 fully saturated rings. The second kappa shape index (κ2) is 12.8. The van der Waals surface area contributed by atoms with Crippen molar-refractivity contribution in [2.24, 2.45) is 4.99 Å². The molecule has 0 radical (unpaired) electrons. The van der Waals surface area contributed by atoms with Gasteiger partial charge in [0.15, 0.2) is 0 Å². The van der Waals surface area contributed by atoms with E-state index in [0.29, 0.717) is 6.54 Å². The molecule has 0 atom stereocenters. The normalized spacial score (nSPS) is 13.0. The summed E-state index contributed by atoms with van der Waals surface area (Å²) in [5, 5.41) is 3.27. The van der Waals surface area contributed by atoms with Gasteiger partial charge in [0.2, 0.25) is 0 Å². The zero-order chi connectivity index (χ0) is 27.7. The molecule has 0 N–H and O–H groups in total. The van der Waals surface area contributed by atoms with Crippen LogP contribution in [0.4, 0.5) is 0 Å². The molecule has 202 valence electrons. The Morgan fingerprint density at radius 3 is 1.30 bits per heavy atom. The van der Waals surface area contributed by atoms with Gasteiger partial charge in [-0.25, -0.2) is 0 Å². The molecule has 0 bridgehead atoms. The van der Waals surface area contributed by atoms with E-state index in [9.17, 15) is 0 Å². The Morgan fingerprint density at radius 1 is 0.600 bits per heavy atom. The Hall–Kier alpha value is -3.52. The van der Waals surface area contributed by atoms with E-state index in [2.05, 4.69) is 174 Å². The number of nitrogens with zero attached hydrogens (tertiary/aromatic N) is 1. The second-order valence-corrected chi connectivity index (χ2v) is 17.5. The molecule has 0 aliphatic heterocycles. The topological polar surface area (TPSA) is 21.6 Å². The van der Waals surface area contributed by atoms with E-state index in [0.717, 1.165) is 45.8 Å². The van der Waals surface area contributed by atoms with Crippen LogP contribution < -0.4 is 15.9 Å². The Labute approximate surface area is 246 Å². The van der Waals surface area contributed by atoms with Crippen molar-refractivity contribution in [3.8, 4) is 0 Å². The summed E-state index contributed by atoms with van der Waals surface area (Å²) in [5.41, 5.74) is -1.43. The van der Waals surface area contributed by atoms with Gasteiger partial charge in [-0.3, -0.25) is 0 Å². The molecule has 40 heavy (non-hydrogen) atoms. The fourth-order valence-electron chi connectivity index (χ4n) is 5.15. The van der Waals surface area contributed by atoms with Gasteiger partial charge in [0.05, 0.1) is 0 Å². The third-order valence-corrected chi connectivity index (χ3v) is 15.5. The van der Waals surface area contributed by atoms with Crippen LogP contribution in [0.1, 0.15) is 36.8 Å². The molecule has 0 aliphatic carbocycles. The SMILES string of the molecule is CCCCN=C(OP(Br)(c1ccccc1)(c1ccccc1)c1ccccc1)C(c1ccccc1)c1ccccc1. The van der Waals surface area contributed by atoms with E-state index in [4.69, 9.17) is 9.52 Å². The van der Waals surface area contributed by atoms with Crippen molar-refractivity contribution < 1.29 is 4.52 Å². The quantitative estimate of drug-likeness (QED) is 0.0672. The molecule has 5 aromatic carbocycles. The first-order valence-corrected chi connectivity index (χ1v) is 18.1. The van der Waals surface area contributed by atoms with Crippen molar-refractivity contribution in [3.63, 3.8) is 0 Å². The number of hydrogen-bond acceptors (Lipinski definition) is 2. The van der Waals surface area contributed by atoms with E-state index in [-0.39, 0.29) is 5.92 Å². The average Bonchev–Trinajstić information content (AvgIpc) is 3.03. The fourth-order valence-corrected chi connectivity index (χ4v) is 11.6. The van der Waals surface area contributed by atoms with Crippen LogP contribution in [0, 0.1) is 0 Å². The molecule has 0 heterocycles. The maximum absolute atomic E-state index is 7.70. The summed E-state index contributed by atoms with van der Waals surface area (Å²) in [4.78, 5) is 5.27. The van der Waals surface area contributed by atoms with E-state index in [1.807, 2.05) is 0 Å². The molecule has 4 heteroatoms. The van der Waals surface area contributed by atoms with Gasteiger partial charge in [-0.1, -0.05) is 0 Å². The molecule has 0 aliphatic rings. The summed E-state index contributed by atoms with van der Waals surface area (Å²) in [5.74, 6) is 0.548. The zero-order valence-electron chi connectivity index (χ0n) is 22.8. The zero-order valence-corrected chi connectivity index (χ0v) is 25.3. The van der Waals surface area contributed by atoms with Crippen LogP contribution in [-0.2, 0) is 4.52 Å². The molecule has 0 saturated heterocycles. The number of rotatable bonds is 10. The maximum atomic E-state index is 7.70. The van der Waals surface area contributed by atoms with Crippen LogP contribution in [0.15, 0.2) is 157 Å². The van der Waals surface area contributed by atoms with Crippen LogP contribution in [0.25, 0.3) is 0 Å². The molecule has 2 nitrogen and oxygen atoms in total. The van der Waals surface area contributed by atoms with Crippen molar-refractivity contribution in [2.75, 3.05) is 6.54 Å². The van der Waals surface area contributed by atoms with E-state index >= 15 is 0 Å². The van der Waals surface area contributed by atoms with Gasteiger partial charge in [0.1, 0.15) is 0 Å². The summed E-state index contributed by atoms with van der Waals surface area (Å²) in [6, 6.07) is 52.9. The molecule has 0 saturated carbocycles. The van der Waals surface area contributed by atoms with Crippen LogP contribution in [0.2, 0.25) is 0 Å². The van der Waals surface area contributed by atoms with E-state index in [1.165, 1.54) is 0 Å². The van der Waals surface area contributed by atoms with Crippen molar-refractivity contribution >= 4 is 42.8 Å². The fraction of sp³-hybridized carbons (Fsp3) is 0.139. The van der Waals surface area contributed by atoms with Crippen molar-refractivity contribution in [1.82, 2.24) is 0 Å². The predicted molar refractivity (Wildman–Crippen MR) is 177 cm³/mol. The summed E-state index contributed by atoms with van der Waals surface area (Å²) >= 11 is 4.47. The van der Waals surface area contributed by atoms with Crippen LogP contribution in [0.3, 0.4) is 0 Å². The van der Waals surface area contributed by atoms with Crippen molar-refractivity contribution in [1.29, 1.82) is 0 Å². The Balaban J connectivity index is 1.82. The molecular formula is C36H35BrNOP. The number of unbranched alkanes of at least 4 members (excludes halogenated alkanes) is 1.